The van der Waals surface area contributed by atoms with Gasteiger partial charge in [0.05, 0.1) is 26.4 Å². The number of nitrogens with zero attached hydrogens (tertiary/aromatic N) is 3. The first-order valence-electron chi connectivity index (χ1n) is 6.27. The van der Waals surface area contributed by atoms with E-state index in [1.807, 2.05) is 0 Å². The van der Waals surface area contributed by atoms with E-state index >= 15 is 0 Å². The van der Waals surface area contributed by atoms with Crippen molar-refractivity contribution in [2.45, 2.75) is 13.0 Å². The summed E-state index contributed by atoms with van der Waals surface area (Å²) < 4.78 is 10.7. The molecular formula is C12H20N4O2. The number of hydrogen-bond acceptors (Lipinski definition) is 6. The average Bonchev–Trinajstić information content (AvgIpc) is 2.45. The highest BCUT2D eigenvalue weighted by molar-refractivity contribution is 5.34. The fourth-order valence-electron chi connectivity index (χ4n) is 1.98. The number of nitrogens with one attached hydrogen (secondary N) is 1. The molecule has 6 heteroatoms. The van der Waals surface area contributed by atoms with Crippen molar-refractivity contribution in [3.63, 3.8) is 0 Å². The zero-order valence-corrected chi connectivity index (χ0v) is 10.9. The highest BCUT2D eigenvalue weighted by Gasteiger charge is 2.24. The van der Waals surface area contributed by atoms with E-state index in [4.69, 9.17) is 9.47 Å². The Hall–Kier alpha value is -1.40. The third-order valence-electron chi connectivity index (χ3n) is 2.94. The first kappa shape index (κ1) is 13.0. The van der Waals surface area contributed by atoms with E-state index in [0.717, 1.165) is 19.6 Å². The lowest BCUT2D eigenvalue weighted by Crippen LogP contribution is -2.51. The average molecular weight is 252 g/mol. The number of rotatable bonds is 5. The van der Waals surface area contributed by atoms with Crippen molar-refractivity contribution < 1.29 is 9.47 Å². The van der Waals surface area contributed by atoms with Crippen LogP contribution >= 0.6 is 0 Å². The predicted octanol–water partition coefficient (Wildman–Crippen LogP) is 0.300. The van der Waals surface area contributed by atoms with Crippen LogP contribution in [0.1, 0.15) is 6.92 Å². The molecule has 2 rings (SSSR count). The monoisotopic (exact) mass is 252 g/mol. The highest BCUT2D eigenvalue weighted by Crippen LogP contribution is 2.17. The van der Waals surface area contributed by atoms with Gasteiger partial charge in [-0.1, -0.05) is 6.92 Å². The minimum absolute atomic E-state index is 0.269. The number of aromatic nitrogens is 2. The van der Waals surface area contributed by atoms with Crippen LogP contribution in [0.2, 0.25) is 0 Å². The second-order valence-corrected chi connectivity index (χ2v) is 4.13. The lowest BCUT2D eigenvalue weighted by molar-refractivity contribution is 0.0929. The van der Waals surface area contributed by atoms with E-state index in [1.165, 1.54) is 0 Å². The molecule has 0 aliphatic carbocycles. The summed E-state index contributed by atoms with van der Waals surface area (Å²) in [5.41, 5.74) is 0. The van der Waals surface area contributed by atoms with Gasteiger partial charge in [0.15, 0.2) is 0 Å². The summed E-state index contributed by atoms with van der Waals surface area (Å²) in [6, 6.07) is 2.02. The van der Waals surface area contributed by atoms with E-state index in [9.17, 15) is 0 Å². The molecule has 0 radical (unpaired) electrons. The van der Waals surface area contributed by atoms with E-state index in [0.29, 0.717) is 25.0 Å². The van der Waals surface area contributed by atoms with Crippen LogP contribution in [0.3, 0.4) is 0 Å². The number of likely N-dealkylation sites (N-methyl/N-ethyl adjacent to an activating group) is 1. The van der Waals surface area contributed by atoms with E-state index in [2.05, 4.69) is 27.1 Å². The number of anilines is 1. The van der Waals surface area contributed by atoms with Crippen LogP contribution in [-0.2, 0) is 4.74 Å². The van der Waals surface area contributed by atoms with Gasteiger partial charge >= 0.3 is 0 Å². The second kappa shape index (κ2) is 6.51. The molecule has 1 N–H and O–H groups in total. The molecule has 1 fully saturated rings. The molecule has 1 aromatic rings. The van der Waals surface area contributed by atoms with Crippen molar-refractivity contribution in [1.82, 2.24) is 15.3 Å². The lowest BCUT2D eigenvalue weighted by Gasteiger charge is -2.35. The molecular weight excluding hydrogens is 232 g/mol. The Labute approximate surface area is 107 Å². The Morgan fingerprint density at radius 2 is 2.50 bits per heavy atom. The third-order valence-corrected chi connectivity index (χ3v) is 2.94. The Bertz CT molecular complexity index is 375. The zero-order valence-electron chi connectivity index (χ0n) is 10.9. The summed E-state index contributed by atoms with van der Waals surface area (Å²) >= 11 is 0. The van der Waals surface area contributed by atoms with Crippen molar-refractivity contribution in [3.8, 4) is 5.88 Å². The molecule has 100 valence electrons. The van der Waals surface area contributed by atoms with E-state index in [1.54, 1.807) is 19.4 Å². The van der Waals surface area contributed by atoms with Gasteiger partial charge < -0.3 is 19.7 Å². The quantitative estimate of drug-likeness (QED) is 0.813. The summed E-state index contributed by atoms with van der Waals surface area (Å²) in [6.45, 7) is 6.14. The van der Waals surface area contributed by atoms with Gasteiger partial charge in [-0.05, 0) is 6.54 Å². The number of morpholine rings is 1. The van der Waals surface area contributed by atoms with Crippen molar-refractivity contribution in [2.75, 3.05) is 44.9 Å². The normalized spacial score (nSPS) is 19.9. The molecule has 0 aromatic carbocycles. The fourth-order valence-corrected chi connectivity index (χ4v) is 1.98. The summed E-state index contributed by atoms with van der Waals surface area (Å²) in [5.74, 6) is 1.30. The molecule has 0 saturated carbocycles. The maximum atomic E-state index is 5.52. The van der Waals surface area contributed by atoms with E-state index in [-0.39, 0.29) is 6.04 Å². The molecule has 1 aromatic heterocycles. The molecule has 6 nitrogen and oxygen atoms in total. The van der Waals surface area contributed by atoms with Gasteiger partial charge in [0.25, 0.3) is 0 Å². The van der Waals surface area contributed by atoms with Crippen LogP contribution in [0.25, 0.3) is 0 Å². The molecule has 0 bridgehead atoms. The topological polar surface area (TPSA) is 59.5 Å². The maximum Gasteiger partial charge on any atom is 0.229 e. The molecule has 1 aliphatic rings. The van der Waals surface area contributed by atoms with Gasteiger partial charge in [-0.3, -0.25) is 0 Å². The minimum Gasteiger partial charge on any atom is -0.481 e. The van der Waals surface area contributed by atoms with Crippen LogP contribution in [0, 0.1) is 0 Å². The Morgan fingerprint density at radius 1 is 1.61 bits per heavy atom. The van der Waals surface area contributed by atoms with Crippen molar-refractivity contribution in [3.05, 3.63) is 12.3 Å². The van der Waals surface area contributed by atoms with Gasteiger partial charge in [-0.15, -0.1) is 0 Å². The summed E-state index contributed by atoms with van der Waals surface area (Å²) in [4.78, 5) is 10.9. The maximum absolute atomic E-state index is 5.52. The Morgan fingerprint density at radius 3 is 3.28 bits per heavy atom. The second-order valence-electron chi connectivity index (χ2n) is 4.13. The van der Waals surface area contributed by atoms with E-state index < -0.39 is 0 Å². The van der Waals surface area contributed by atoms with Crippen molar-refractivity contribution in [2.24, 2.45) is 0 Å². The van der Waals surface area contributed by atoms with Crippen LogP contribution in [0.4, 0.5) is 5.95 Å². The number of hydrogen-bond donors (Lipinski definition) is 1. The first-order valence-corrected chi connectivity index (χ1v) is 6.27. The van der Waals surface area contributed by atoms with Crippen molar-refractivity contribution >= 4 is 5.95 Å². The zero-order chi connectivity index (χ0) is 12.8. The fraction of sp³-hybridized carbons (Fsp3) is 0.667. The molecule has 18 heavy (non-hydrogen) atoms. The van der Waals surface area contributed by atoms with Crippen LogP contribution in [-0.4, -0.2) is 56.0 Å². The predicted molar refractivity (Wildman–Crippen MR) is 69.1 cm³/mol. The molecule has 2 heterocycles. The van der Waals surface area contributed by atoms with Crippen LogP contribution in [0.5, 0.6) is 5.88 Å². The highest BCUT2D eigenvalue weighted by atomic mass is 16.5. The Kier molecular flexibility index (Phi) is 4.72. The van der Waals surface area contributed by atoms with Crippen LogP contribution in [0.15, 0.2) is 12.3 Å². The molecule has 1 unspecified atom stereocenters. The Balaban J connectivity index is 2.11. The molecule has 1 atom stereocenters. The number of ether oxygens (including phenoxy) is 2. The smallest absolute Gasteiger partial charge is 0.229 e. The molecule has 0 spiro atoms. The van der Waals surface area contributed by atoms with Crippen LogP contribution < -0.4 is 15.0 Å². The summed E-state index contributed by atoms with van der Waals surface area (Å²) in [7, 11) is 1.61. The standard InChI is InChI=1S/C12H20N4O2/c1-3-13-8-10-9-18-7-6-16(10)12-14-5-4-11(15-12)17-2/h4-5,10,13H,3,6-9H2,1-2H3. The molecule has 1 aliphatic heterocycles. The van der Waals surface area contributed by atoms with Crippen molar-refractivity contribution in [1.29, 1.82) is 0 Å². The first-order chi connectivity index (χ1) is 8.85. The third kappa shape index (κ3) is 3.08. The van der Waals surface area contributed by atoms with Gasteiger partial charge in [-0.2, -0.15) is 4.98 Å². The molecule has 0 amide bonds. The van der Waals surface area contributed by atoms with Gasteiger partial charge in [-0.25, -0.2) is 4.98 Å². The minimum atomic E-state index is 0.269. The summed E-state index contributed by atoms with van der Waals surface area (Å²) in [5, 5.41) is 3.34. The lowest BCUT2D eigenvalue weighted by atomic mass is 10.2. The number of methoxy groups -OCH3 is 1. The SMILES string of the molecule is CCNCC1COCCN1c1nccc(OC)n1. The summed E-state index contributed by atoms with van der Waals surface area (Å²) in [6.07, 6.45) is 1.72. The molecule has 1 saturated heterocycles. The van der Waals surface area contributed by atoms with Gasteiger partial charge in [0.2, 0.25) is 11.8 Å². The largest absolute Gasteiger partial charge is 0.481 e. The van der Waals surface area contributed by atoms with Gasteiger partial charge in [0.1, 0.15) is 0 Å². The van der Waals surface area contributed by atoms with Gasteiger partial charge in [0, 0.05) is 25.4 Å².